The highest BCUT2D eigenvalue weighted by Gasteiger charge is 2.07. The van der Waals surface area contributed by atoms with Crippen LogP contribution in [0.25, 0.3) is 6.08 Å². The van der Waals surface area contributed by atoms with Gasteiger partial charge >= 0.3 is 5.97 Å². The number of allylic oxidation sites excluding steroid dienone is 1. The number of benzene rings is 2. The molecule has 3 heteroatoms. The summed E-state index contributed by atoms with van der Waals surface area (Å²) in [5.74, 6) is 0.399. The molecule has 0 heterocycles. The molecule has 0 atom stereocenters. The summed E-state index contributed by atoms with van der Waals surface area (Å²) in [6.07, 6.45) is 7.40. The average Bonchev–Trinajstić information content (AvgIpc) is 3.13. The third-order valence-corrected chi connectivity index (χ3v) is 4.25. The molecule has 0 bridgehead atoms. The summed E-state index contributed by atoms with van der Waals surface area (Å²) in [5.41, 5.74) is 4.45. The van der Waals surface area contributed by atoms with Crippen LogP contribution in [0, 0.1) is 0 Å². The highest BCUT2D eigenvalue weighted by molar-refractivity contribution is 5.89. The highest BCUT2D eigenvalue weighted by Crippen LogP contribution is 2.26. The van der Waals surface area contributed by atoms with Crippen molar-refractivity contribution in [2.24, 2.45) is 0 Å². The molecule has 1 aliphatic carbocycles. The maximum absolute atomic E-state index is 11.4. The Kier molecular flexibility index (Phi) is 5.32. The van der Waals surface area contributed by atoms with E-state index in [0.717, 1.165) is 11.3 Å². The van der Waals surface area contributed by atoms with Crippen LogP contribution >= 0.6 is 0 Å². The van der Waals surface area contributed by atoms with Crippen LogP contribution in [0.4, 0.5) is 0 Å². The number of hydrogen-bond acceptors (Lipinski definition) is 3. The molecular formula is C21H22O3. The van der Waals surface area contributed by atoms with Gasteiger partial charge in [0.1, 0.15) is 12.4 Å². The SMILES string of the molecule is COC(=O)c1ccc(OCc2cccc(C=C3CCCC3)c2)cc1. The Morgan fingerprint density at radius 3 is 2.54 bits per heavy atom. The maximum Gasteiger partial charge on any atom is 0.337 e. The first kappa shape index (κ1) is 16.3. The zero-order valence-electron chi connectivity index (χ0n) is 14.0. The molecule has 3 nitrogen and oxygen atoms in total. The van der Waals surface area contributed by atoms with Gasteiger partial charge < -0.3 is 9.47 Å². The molecule has 24 heavy (non-hydrogen) atoms. The highest BCUT2D eigenvalue weighted by atomic mass is 16.5. The lowest BCUT2D eigenvalue weighted by atomic mass is 10.1. The van der Waals surface area contributed by atoms with E-state index in [-0.39, 0.29) is 5.97 Å². The number of hydrogen-bond donors (Lipinski definition) is 0. The van der Waals surface area contributed by atoms with Gasteiger partial charge in [0.15, 0.2) is 0 Å². The van der Waals surface area contributed by atoms with E-state index in [0.29, 0.717) is 12.2 Å². The molecule has 0 saturated heterocycles. The first-order valence-electron chi connectivity index (χ1n) is 8.34. The smallest absolute Gasteiger partial charge is 0.337 e. The summed E-state index contributed by atoms with van der Waals surface area (Å²) in [5, 5.41) is 0. The molecule has 1 aliphatic rings. The maximum atomic E-state index is 11.4. The Balaban J connectivity index is 1.62. The van der Waals surface area contributed by atoms with Gasteiger partial charge in [-0.25, -0.2) is 4.79 Å². The molecule has 0 spiro atoms. The van der Waals surface area contributed by atoms with Gasteiger partial charge in [0.25, 0.3) is 0 Å². The monoisotopic (exact) mass is 322 g/mol. The molecule has 3 rings (SSSR count). The number of esters is 1. The second kappa shape index (κ2) is 7.82. The van der Waals surface area contributed by atoms with E-state index in [4.69, 9.17) is 4.74 Å². The van der Waals surface area contributed by atoms with Crippen LogP contribution in [0.5, 0.6) is 5.75 Å². The molecule has 2 aromatic rings. The molecule has 0 aliphatic heterocycles. The molecular weight excluding hydrogens is 300 g/mol. The molecule has 0 radical (unpaired) electrons. The average molecular weight is 322 g/mol. The Morgan fingerprint density at radius 2 is 1.83 bits per heavy atom. The second-order valence-corrected chi connectivity index (χ2v) is 6.06. The van der Waals surface area contributed by atoms with Crippen molar-refractivity contribution in [1.82, 2.24) is 0 Å². The van der Waals surface area contributed by atoms with Gasteiger partial charge in [-0.2, -0.15) is 0 Å². The van der Waals surface area contributed by atoms with Crippen LogP contribution in [0.3, 0.4) is 0 Å². The van der Waals surface area contributed by atoms with Crippen molar-refractivity contribution >= 4 is 12.0 Å². The zero-order chi connectivity index (χ0) is 16.8. The van der Waals surface area contributed by atoms with E-state index < -0.39 is 0 Å². The summed E-state index contributed by atoms with van der Waals surface area (Å²) in [7, 11) is 1.38. The molecule has 124 valence electrons. The molecule has 0 aromatic heterocycles. The minimum atomic E-state index is -0.339. The predicted molar refractivity (Wildman–Crippen MR) is 95.0 cm³/mol. The Bertz CT molecular complexity index is 721. The summed E-state index contributed by atoms with van der Waals surface area (Å²) in [4.78, 5) is 11.4. The predicted octanol–water partition coefficient (Wildman–Crippen LogP) is 5.01. The van der Waals surface area contributed by atoms with E-state index in [1.165, 1.54) is 38.4 Å². The fourth-order valence-electron chi connectivity index (χ4n) is 2.95. The largest absolute Gasteiger partial charge is 0.489 e. The Hall–Kier alpha value is -2.55. The van der Waals surface area contributed by atoms with Crippen LogP contribution in [-0.2, 0) is 11.3 Å². The Labute approximate surface area is 142 Å². The fraction of sp³-hybridized carbons (Fsp3) is 0.286. The lowest BCUT2D eigenvalue weighted by molar-refractivity contribution is 0.0600. The number of carbonyl (C=O) groups is 1. The zero-order valence-corrected chi connectivity index (χ0v) is 14.0. The van der Waals surface area contributed by atoms with Gasteiger partial charge in [0, 0.05) is 0 Å². The van der Waals surface area contributed by atoms with Crippen LogP contribution < -0.4 is 4.74 Å². The summed E-state index contributed by atoms with van der Waals surface area (Å²) < 4.78 is 10.5. The number of ether oxygens (including phenoxy) is 2. The first-order valence-corrected chi connectivity index (χ1v) is 8.34. The van der Waals surface area contributed by atoms with Crippen LogP contribution in [0.1, 0.15) is 47.2 Å². The third-order valence-electron chi connectivity index (χ3n) is 4.25. The topological polar surface area (TPSA) is 35.5 Å². The van der Waals surface area contributed by atoms with Gasteiger partial charge in [-0.3, -0.25) is 0 Å². The minimum Gasteiger partial charge on any atom is -0.489 e. The van der Waals surface area contributed by atoms with E-state index in [1.807, 2.05) is 0 Å². The Morgan fingerprint density at radius 1 is 1.08 bits per heavy atom. The van der Waals surface area contributed by atoms with Crippen molar-refractivity contribution in [3.8, 4) is 5.75 Å². The van der Waals surface area contributed by atoms with Gasteiger partial charge in [-0.1, -0.05) is 29.8 Å². The number of rotatable bonds is 5. The van der Waals surface area contributed by atoms with E-state index in [1.54, 1.807) is 29.8 Å². The second-order valence-electron chi connectivity index (χ2n) is 6.06. The molecule has 2 aromatic carbocycles. The van der Waals surface area contributed by atoms with Crippen molar-refractivity contribution in [2.45, 2.75) is 32.3 Å². The van der Waals surface area contributed by atoms with Crippen LogP contribution in [0.2, 0.25) is 0 Å². The lowest BCUT2D eigenvalue weighted by Crippen LogP contribution is -2.01. The first-order chi connectivity index (χ1) is 11.7. The third kappa shape index (κ3) is 4.25. The van der Waals surface area contributed by atoms with Gasteiger partial charge in [0.2, 0.25) is 0 Å². The van der Waals surface area contributed by atoms with Gasteiger partial charge in [0.05, 0.1) is 12.7 Å². The van der Waals surface area contributed by atoms with E-state index in [9.17, 15) is 4.79 Å². The number of carbonyl (C=O) groups excluding carboxylic acids is 1. The minimum absolute atomic E-state index is 0.339. The van der Waals surface area contributed by atoms with Gasteiger partial charge in [-0.15, -0.1) is 0 Å². The summed E-state index contributed by atoms with van der Waals surface area (Å²) in [6.45, 7) is 0.509. The van der Waals surface area contributed by atoms with Crippen LogP contribution in [-0.4, -0.2) is 13.1 Å². The summed E-state index contributed by atoms with van der Waals surface area (Å²) in [6, 6.07) is 15.4. The fourth-order valence-corrected chi connectivity index (χ4v) is 2.95. The van der Waals surface area contributed by atoms with Crippen molar-refractivity contribution < 1.29 is 14.3 Å². The molecule has 0 unspecified atom stereocenters. The normalized spacial score (nSPS) is 13.6. The van der Waals surface area contributed by atoms with Crippen molar-refractivity contribution in [2.75, 3.05) is 7.11 Å². The summed E-state index contributed by atoms with van der Waals surface area (Å²) >= 11 is 0. The molecule has 0 N–H and O–H groups in total. The molecule has 0 amide bonds. The van der Waals surface area contributed by atoms with E-state index >= 15 is 0 Å². The lowest BCUT2D eigenvalue weighted by Gasteiger charge is -2.08. The molecule has 1 fully saturated rings. The van der Waals surface area contributed by atoms with E-state index in [2.05, 4.69) is 35.1 Å². The van der Waals surface area contributed by atoms with Crippen LogP contribution in [0.15, 0.2) is 54.1 Å². The standard InChI is InChI=1S/C21H22O3/c1-23-21(22)19-9-11-20(12-10-19)24-15-18-8-4-7-17(14-18)13-16-5-2-3-6-16/h4,7-14H,2-3,5-6,15H2,1H3. The number of methoxy groups -OCH3 is 1. The van der Waals surface area contributed by atoms with Gasteiger partial charge in [-0.05, 0) is 67.1 Å². The van der Waals surface area contributed by atoms with Crippen molar-refractivity contribution in [3.05, 3.63) is 70.8 Å². The quantitative estimate of drug-likeness (QED) is 0.726. The van der Waals surface area contributed by atoms with Crippen molar-refractivity contribution in [3.63, 3.8) is 0 Å². The van der Waals surface area contributed by atoms with Crippen molar-refractivity contribution in [1.29, 1.82) is 0 Å². The molecule has 1 saturated carbocycles.